The van der Waals surface area contributed by atoms with Gasteiger partial charge < -0.3 is 19.1 Å². The van der Waals surface area contributed by atoms with Crippen molar-refractivity contribution in [3.8, 4) is 17.4 Å². The average molecular weight is 510 g/mol. The molecule has 1 saturated heterocycles. The maximum absolute atomic E-state index is 14.6. The Labute approximate surface area is 200 Å². The number of rotatable bonds is 5. The zero-order valence-electron chi connectivity index (χ0n) is 18.6. The second-order valence-electron chi connectivity index (χ2n) is 8.25. The van der Waals surface area contributed by atoms with Gasteiger partial charge in [0, 0.05) is 31.4 Å². The van der Waals surface area contributed by atoms with Gasteiger partial charge in [0.2, 0.25) is 5.88 Å². The van der Waals surface area contributed by atoms with Gasteiger partial charge in [-0.2, -0.15) is 18.2 Å². The van der Waals surface area contributed by atoms with Crippen LogP contribution in [0, 0.1) is 11.6 Å². The zero-order chi connectivity index (χ0) is 25.4. The number of alkyl halides is 3. The van der Waals surface area contributed by atoms with Gasteiger partial charge in [0.1, 0.15) is 23.9 Å². The summed E-state index contributed by atoms with van der Waals surface area (Å²) in [6.45, 7) is 1.85. The molecule has 0 amide bonds. The zero-order valence-corrected chi connectivity index (χ0v) is 18.6. The van der Waals surface area contributed by atoms with Gasteiger partial charge in [-0.05, 0) is 30.2 Å². The molecule has 36 heavy (non-hydrogen) atoms. The van der Waals surface area contributed by atoms with E-state index in [0.29, 0.717) is 38.2 Å². The molecule has 2 aliphatic rings. The third-order valence-electron chi connectivity index (χ3n) is 5.86. The van der Waals surface area contributed by atoms with Crippen LogP contribution < -0.4 is 20.1 Å². The summed E-state index contributed by atoms with van der Waals surface area (Å²) >= 11 is 0. The highest BCUT2D eigenvalue weighted by molar-refractivity contribution is 5.45. The number of benzene rings is 1. The molecule has 0 spiro atoms. The summed E-state index contributed by atoms with van der Waals surface area (Å²) in [7, 11) is 0. The standard InChI is InChI=1S/C23H19F5N4O4/c24-16-7-13(8-17(25)21(16)36-15-1-3-29-18(9-15)23(26,27)28)11-35-19-10-20-31-5-6-34-12-14(31)2-4-32(20)22(33)30-19/h1,3,7-10,14H,2,4-6,11-12H2/t14-/m1/s1. The van der Waals surface area contributed by atoms with Gasteiger partial charge in [-0.1, -0.05) is 0 Å². The van der Waals surface area contributed by atoms with Crippen molar-refractivity contribution in [3.63, 3.8) is 0 Å². The Bertz CT molecular complexity index is 1320. The molecule has 1 aromatic carbocycles. The summed E-state index contributed by atoms with van der Waals surface area (Å²) in [6.07, 6.45) is -3.17. The number of aromatic nitrogens is 3. The molecule has 4 heterocycles. The van der Waals surface area contributed by atoms with Crippen LogP contribution in [0.4, 0.5) is 27.8 Å². The summed E-state index contributed by atoms with van der Waals surface area (Å²) in [5.74, 6) is -2.96. The van der Waals surface area contributed by atoms with E-state index in [4.69, 9.17) is 14.2 Å². The van der Waals surface area contributed by atoms with Crippen molar-refractivity contribution in [1.82, 2.24) is 14.5 Å². The summed E-state index contributed by atoms with van der Waals surface area (Å²) in [4.78, 5) is 21.6. The van der Waals surface area contributed by atoms with Gasteiger partial charge in [0.05, 0.1) is 19.3 Å². The van der Waals surface area contributed by atoms with Crippen LogP contribution in [-0.2, 0) is 24.1 Å². The lowest BCUT2D eigenvalue weighted by Crippen LogP contribution is -2.51. The van der Waals surface area contributed by atoms with E-state index in [2.05, 4.69) is 14.9 Å². The Morgan fingerprint density at radius 2 is 1.89 bits per heavy atom. The number of hydrogen-bond donors (Lipinski definition) is 0. The van der Waals surface area contributed by atoms with Crippen LogP contribution in [0.2, 0.25) is 0 Å². The van der Waals surface area contributed by atoms with Crippen LogP contribution in [0.15, 0.2) is 41.3 Å². The number of hydrogen-bond acceptors (Lipinski definition) is 7. The molecule has 0 unspecified atom stereocenters. The fourth-order valence-corrected chi connectivity index (χ4v) is 4.17. The molecule has 3 aromatic rings. The molecular weight excluding hydrogens is 491 g/mol. The highest BCUT2D eigenvalue weighted by atomic mass is 19.4. The first-order valence-corrected chi connectivity index (χ1v) is 11.0. The first-order chi connectivity index (χ1) is 17.2. The Morgan fingerprint density at radius 1 is 1.11 bits per heavy atom. The van der Waals surface area contributed by atoms with Crippen LogP contribution in [0.3, 0.4) is 0 Å². The Hall–Kier alpha value is -3.74. The van der Waals surface area contributed by atoms with Gasteiger partial charge in [-0.3, -0.25) is 9.55 Å². The summed E-state index contributed by atoms with van der Waals surface area (Å²) < 4.78 is 85.3. The van der Waals surface area contributed by atoms with Gasteiger partial charge in [0.25, 0.3) is 0 Å². The monoisotopic (exact) mass is 510 g/mol. The van der Waals surface area contributed by atoms with Crippen LogP contribution in [0.25, 0.3) is 0 Å². The van der Waals surface area contributed by atoms with Crippen molar-refractivity contribution < 1.29 is 36.2 Å². The molecule has 2 aliphatic heterocycles. The summed E-state index contributed by atoms with van der Waals surface area (Å²) in [5, 5.41) is 0. The number of fused-ring (bicyclic) bond motifs is 3. The number of anilines is 1. The van der Waals surface area contributed by atoms with Crippen molar-refractivity contribution in [3.05, 3.63) is 69.9 Å². The molecule has 2 aromatic heterocycles. The third-order valence-corrected chi connectivity index (χ3v) is 5.86. The molecule has 8 nitrogen and oxygen atoms in total. The fraction of sp³-hybridized carbons (Fsp3) is 0.348. The predicted octanol–water partition coefficient (Wildman–Crippen LogP) is 3.92. The SMILES string of the molecule is O=c1nc(OCc2cc(F)c(Oc3ccnc(C(F)(F)F)c3)c(F)c2)cc2n1CC[C@@H]1COCCN21. The first kappa shape index (κ1) is 24.0. The highest BCUT2D eigenvalue weighted by Gasteiger charge is 2.33. The smallest absolute Gasteiger partial charge is 0.433 e. The third kappa shape index (κ3) is 4.83. The molecule has 13 heteroatoms. The van der Waals surface area contributed by atoms with E-state index in [1.54, 1.807) is 10.6 Å². The van der Waals surface area contributed by atoms with E-state index in [9.17, 15) is 26.7 Å². The van der Waals surface area contributed by atoms with Gasteiger partial charge >= 0.3 is 11.9 Å². The molecule has 0 saturated carbocycles. The lowest BCUT2D eigenvalue weighted by molar-refractivity contribution is -0.141. The predicted molar refractivity (Wildman–Crippen MR) is 115 cm³/mol. The molecule has 0 radical (unpaired) electrons. The van der Waals surface area contributed by atoms with E-state index < -0.39 is 40.7 Å². The normalized spacial score (nSPS) is 17.4. The van der Waals surface area contributed by atoms with Crippen LogP contribution >= 0.6 is 0 Å². The minimum atomic E-state index is -4.74. The van der Waals surface area contributed by atoms with E-state index in [1.165, 1.54) is 0 Å². The second-order valence-corrected chi connectivity index (χ2v) is 8.25. The van der Waals surface area contributed by atoms with E-state index >= 15 is 0 Å². The molecule has 1 atom stereocenters. The Balaban J connectivity index is 1.32. The topological polar surface area (TPSA) is 78.7 Å². The van der Waals surface area contributed by atoms with E-state index in [1.807, 2.05) is 0 Å². The van der Waals surface area contributed by atoms with Crippen molar-refractivity contribution >= 4 is 5.82 Å². The fourth-order valence-electron chi connectivity index (χ4n) is 4.17. The Morgan fingerprint density at radius 3 is 2.64 bits per heavy atom. The molecule has 0 aliphatic carbocycles. The number of nitrogens with zero attached hydrogens (tertiary/aromatic N) is 4. The van der Waals surface area contributed by atoms with Crippen molar-refractivity contribution in [2.45, 2.75) is 31.8 Å². The lowest BCUT2D eigenvalue weighted by atomic mass is 10.1. The van der Waals surface area contributed by atoms with E-state index in [0.717, 1.165) is 30.8 Å². The number of morpholine rings is 1. The van der Waals surface area contributed by atoms with Crippen LogP contribution in [0.5, 0.6) is 17.4 Å². The van der Waals surface area contributed by atoms with E-state index in [-0.39, 0.29) is 24.1 Å². The second kappa shape index (κ2) is 9.37. The first-order valence-electron chi connectivity index (χ1n) is 11.0. The quantitative estimate of drug-likeness (QED) is 0.482. The maximum Gasteiger partial charge on any atom is 0.433 e. The number of pyridine rings is 1. The molecule has 5 rings (SSSR count). The number of ether oxygens (including phenoxy) is 3. The van der Waals surface area contributed by atoms with Gasteiger partial charge in [-0.25, -0.2) is 13.6 Å². The minimum absolute atomic E-state index is 0.00370. The molecule has 0 bridgehead atoms. The molecule has 190 valence electrons. The van der Waals surface area contributed by atoms with Crippen LogP contribution in [-0.4, -0.2) is 40.3 Å². The summed E-state index contributed by atoms with van der Waals surface area (Å²) in [6, 6.07) is 5.17. The largest absolute Gasteiger partial charge is 0.473 e. The highest BCUT2D eigenvalue weighted by Crippen LogP contribution is 2.33. The maximum atomic E-state index is 14.6. The molecular formula is C23H19F5N4O4. The van der Waals surface area contributed by atoms with Crippen molar-refractivity contribution in [1.29, 1.82) is 0 Å². The average Bonchev–Trinajstić information content (AvgIpc) is 2.84. The lowest BCUT2D eigenvalue weighted by Gasteiger charge is -2.41. The van der Waals surface area contributed by atoms with Crippen molar-refractivity contribution in [2.24, 2.45) is 0 Å². The Kier molecular flexibility index (Phi) is 6.24. The number of halogens is 5. The van der Waals surface area contributed by atoms with Gasteiger partial charge in [-0.15, -0.1) is 0 Å². The van der Waals surface area contributed by atoms with Crippen molar-refractivity contribution in [2.75, 3.05) is 24.7 Å². The molecule has 0 N–H and O–H groups in total. The minimum Gasteiger partial charge on any atom is -0.473 e. The van der Waals surface area contributed by atoms with Crippen LogP contribution in [0.1, 0.15) is 17.7 Å². The molecule has 1 fully saturated rings. The van der Waals surface area contributed by atoms with Gasteiger partial charge in [0.15, 0.2) is 17.4 Å². The summed E-state index contributed by atoms with van der Waals surface area (Å²) in [5.41, 5.74) is -1.70.